The largest absolute Gasteiger partial charge is 0.350 e. The molecular weight excluding hydrogens is 403 g/mol. The average molecular weight is 425 g/mol. The predicted molar refractivity (Wildman–Crippen MR) is 105 cm³/mol. The second-order valence-electron chi connectivity index (χ2n) is 6.93. The van der Waals surface area contributed by atoms with Gasteiger partial charge < -0.3 is 14.4 Å². The number of likely N-dealkylation sites (tertiary alicyclic amines) is 1. The molecule has 0 radical (unpaired) electrons. The van der Waals surface area contributed by atoms with Crippen LogP contribution in [0.25, 0.3) is 5.69 Å². The molecule has 2 aliphatic heterocycles. The highest BCUT2D eigenvalue weighted by atomic mass is 35.5. The van der Waals surface area contributed by atoms with Gasteiger partial charge in [0.2, 0.25) is 5.82 Å². The Morgan fingerprint density at radius 2 is 1.82 bits per heavy atom. The monoisotopic (exact) mass is 424 g/mol. The number of hydrogen-bond donors (Lipinski definition) is 0. The molecule has 1 aromatic carbocycles. The number of rotatable bonds is 4. The van der Waals surface area contributed by atoms with E-state index in [1.807, 2.05) is 6.92 Å². The van der Waals surface area contributed by atoms with Crippen molar-refractivity contribution in [1.82, 2.24) is 19.7 Å². The molecular formula is C19H22Cl2N4O3. The average Bonchev–Trinajstić information content (AvgIpc) is 3.38. The van der Waals surface area contributed by atoms with Crippen molar-refractivity contribution >= 4 is 29.1 Å². The molecule has 0 aliphatic carbocycles. The Bertz CT molecular complexity index is 839. The van der Waals surface area contributed by atoms with Gasteiger partial charge in [-0.15, -0.1) is 5.10 Å². The minimum atomic E-state index is -0.177. The zero-order valence-electron chi connectivity index (χ0n) is 15.6. The van der Waals surface area contributed by atoms with Crippen molar-refractivity contribution in [3.8, 4) is 5.69 Å². The molecule has 0 unspecified atom stereocenters. The van der Waals surface area contributed by atoms with E-state index in [-0.39, 0.29) is 18.0 Å². The van der Waals surface area contributed by atoms with Gasteiger partial charge in [-0.2, -0.15) is 0 Å². The van der Waals surface area contributed by atoms with E-state index in [4.69, 9.17) is 32.7 Å². The summed E-state index contributed by atoms with van der Waals surface area (Å²) < 4.78 is 12.8. The molecule has 2 aromatic rings. The van der Waals surface area contributed by atoms with E-state index in [0.717, 1.165) is 12.8 Å². The normalized spacial score (nSPS) is 18.8. The van der Waals surface area contributed by atoms with Crippen LogP contribution in [-0.4, -0.2) is 58.2 Å². The molecule has 3 heterocycles. The van der Waals surface area contributed by atoms with E-state index in [1.165, 1.54) is 0 Å². The van der Waals surface area contributed by atoms with Crippen LogP contribution in [0.15, 0.2) is 18.2 Å². The summed E-state index contributed by atoms with van der Waals surface area (Å²) >= 11 is 12.6. The number of hydrogen-bond acceptors (Lipinski definition) is 5. The quantitative estimate of drug-likeness (QED) is 0.752. The maximum Gasteiger partial charge on any atom is 0.293 e. The highest BCUT2D eigenvalue weighted by Gasteiger charge is 2.33. The maximum atomic E-state index is 13.0. The summed E-state index contributed by atoms with van der Waals surface area (Å²) in [6.45, 7) is 4.52. The number of carbonyl (C=O) groups excluding carboxylic acids is 1. The number of ether oxygens (including phenoxy) is 2. The van der Waals surface area contributed by atoms with Gasteiger partial charge in [-0.25, -0.2) is 9.67 Å². The van der Waals surface area contributed by atoms with Crippen LogP contribution in [0.5, 0.6) is 0 Å². The van der Waals surface area contributed by atoms with Gasteiger partial charge in [0.1, 0.15) is 11.5 Å². The van der Waals surface area contributed by atoms with Crippen molar-refractivity contribution in [1.29, 1.82) is 0 Å². The number of aryl methyl sites for hydroxylation is 1. The molecule has 0 N–H and O–H groups in total. The fourth-order valence-electron chi connectivity index (χ4n) is 3.70. The van der Waals surface area contributed by atoms with Crippen molar-refractivity contribution < 1.29 is 14.3 Å². The first-order valence-corrected chi connectivity index (χ1v) is 10.3. The van der Waals surface area contributed by atoms with E-state index in [2.05, 4.69) is 10.1 Å². The number of benzene rings is 1. The SMILES string of the molecule is CCc1nc(C(=O)N2CCC(C3OCCO3)CC2)nn1-c1c(Cl)cccc1Cl. The Labute approximate surface area is 173 Å². The summed E-state index contributed by atoms with van der Waals surface area (Å²) in [7, 11) is 0. The highest BCUT2D eigenvalue weighted by Crippen LogP contribution is 2.30. The van der Waals surface area contributed by atoms with E-state index in [1.54, 1.807) is 27.8 Å². The van der Waals surface area contributed by atoms with Gasteiger partial charge in [0, 0.05) is 25.4 Å². The van der Waals surface area contributed by atoms with Gasteiger partial charge in [0.15, 0.2) is 6.29 Å². The Morgan fingerprint density at radius 3 is 2.43 bits per heavy atom. The molecule has 9 heteroatoms. The van der Waals surface area contributed by atoms with Crippen LogP contribution in [0, 0.1) is 5.92 Å². The van der Waals surface area contributed by atoms with Crippen molar-refractivity contribution in [2.75, 3.05) is 26.3 Å². The van der Waals surface area contributed by atoms with Crippen LogP contribution in [-0.2, 0) is 15.9 Å². The lowest BCUT2D eigenvalue weighted by Crippen LogP contribution is -2.41. The van der Waals surface area contributed by atoms with E-state index in [0.29, 0.717) is 60.2 Å². The van der Waals surface area contributed by atoms with Crippen molar-refractivity contribution in [3.05, 3.63) is 39.9 Å². The number of halogens is 2. The Morgan fingerprint density at radius 1 is 1.18 bits per heavy atom. The van der Waals surface area contributed by atoms with Gasteiger partial charge in [-0.1, -0.05) is 36.2 Å². The zero-order chi connectivity index (χ0) is 19.7. The standard InChI is InChI=1S/C19H22Cl2N4O3/c1-2-15-22-17(23-25(15)16-13(20)4-3-5-14(16)21)18(26)24-8-6-12(7-9-24)19-27-10-11-28-19/h3-5,12,19H,2,6-11H2,1H3. The smallest absolute Gasteiger partial charge is 0.293 e. The Hall–Kier alpha value is -1.67. The summed E-state index contributed by atoms with van der Waals surface area (Å²) in [5.41, 5.74) is 0.545. The predicted octanol–water partition coefficient (Wildman–Crippen LogP) is 3.36. The molecule has 7 nitrogen and oxygen atoms in total. The summed E-state index contributed by atoms with van der Waals surface area (Å²) in [5.74, 6) is 0.953. The molecule has 1 aromatic heterocycles. The van der Waals surface area contributed by atoms with Crippen molar-refractivity contribution in [2.45, 2.75) is 32.5 Å². The van der Waals surface area contributed by atoms with E-state index >= 15 is 0 Å². The van der Waals surface area contributed by atoms with Gasteiger partial charge in [0.25, 0.3) is 5.91 Å². The molecule has 1 amide bonds. The molecule has 2 fully saturated rings. The lowest BCUT2D eigenvalue weighted by atomic mass is 9.96. The third-order valence-electron chi connectivity index (χ3n) is 5.19. The van der Waals surface area contributed by atoms with Crippen LogP contribution in [0.1, 0.15) is 36.2 Å². The fourth-order valence-corrected chi connectivity index (χ4v) is 4.26. The number of aromatic nitrogens is 3. The summed E-state index contributed by atoms with van der Waals surface area (Å²) in [5, 5.41) is 5.36. The van der Waals surface area contributed by atoms with Crippen molar-refractivity contribution in [2.24, 2.45) is 5.92 Å². The molecule has 0 saturated carbocycles. The van der Waals surface area contributed by atoms with Gasteiger partial charge in [-0.05, 0) is 25.0 Å². The minimum Gasteiger partial charge on any atom is -0.350 e. The maximum absolute atomic E-state index is 13.0. The minimum absolute atomic E-state index is 0.136. The number of para-hydroxylation sites is 1. The van der Waals surface area contributed by atoms with Gasteiger partial charge in [-0.3, -0.25) is 4.79 Å². The first kappa shape index (κ1) is 19.6. The third kappa shape index (κ3) is 3.76. The molecule has 2 aliphatic rings. The second kappa shape index (κ2) is 8.37. The summed E-state index contributed by atoms with van der Waals surface area (Å²) in [4.78, 5) is 19.2. The molecule has 4 rings (SSSR count). The topological polar surface area (TPSA) is 69.5 Å². The van der Waals surface area contributed by atoms with Crippen LogP contribution in [0.4, 0.5) is 0 Å². The molecule has 2 saturated heterocycles. The third-order valence-corrected chi connectivity index (χ3v) is 5.80. The van der Waals surface area contributed by atoms with Crippen LogP contribution < -0.4 is 0 Å². The molecule has 0 bridgehead atoms. The number of amides is 1. The molecule has 28 heavy (non-hydrogen) atoms. The lowest BCUT2D eigenvalue weighted by molar-refractivity contribution is -0.0956. The first-order valence-electron chi connectivity index (χ1n) is 9.51. The number of nitrogens with zero attached hydrogens (tertiary/aromatic N) is 4. The zero-order valence-corrected chi connectivity index (χ0v) is 17.1. The van der Waals surface area contributed by atoms with Crippen LogP contribution in [0.3, 0.4) is 0 Å². The molecule has 150 valence electrons. The number of carbonyl (C=O) groups is 1. The second-order valence-corrected chi connectivity index (χ2v) is 7.74. The van der Waals surface area contributed by atoms with Crippen LogP contribution >= 0.6 is 23.2 Å². The molecule has 0 spiro atoms. The van der Waals surface area contributed by atoms with Crippen molar-refractivity contribution in [3.63, 3.8) is 0 Å². The highest BCUT2D eigenvalue weighted by molar-refractivity contribution is 6.37. The van der Waals surface area contributed by atoms with E-state index < -0.39 is 0 Å². The Kier molecular flexibility index (Phi) is 5.87. The number of piperidine rings is 1. The van der Waals surface area contributed by atoms with Crippen LogP contribution in [0.2, 0.25) is 10.0 Å². The Balaban J connectivity index is 1.52. The summed E-state index contributed by atoms with van der Waals surface area (Å²) in [6, 6.07) is 5.25. The van der Waals surface area contributed by atoms with E-state index in [9.17, 15) is 4.79 Å². The fraction of sp³-hybridized carbons (Fsp3) is 0.526. The van der Waals surface area contributed by atoms with Gasteiger partial charge in [0.05, 0.1) is 23.3 Å². The lowest BCUT2D eigenvalue weighted by Gasteiger charge is -2.33. The van der Waals surface area contributed by atoms with Gasteiger partial charge >= 0.3 is 0 Å². The first-order chi connectivity index (χ1) is 13.6. The summed E-state index contributed by atoms with van der Waals surface area (Å²) in [6.07, 6.45) is 2.14. The molecule has 0 atom stereocenters.